The lowest BCUT2D eigenvalue weighted by atomic mass is 9.81. The van der Waals surface area contributed by atoms with Crippen LogP contribution in [0.2, 0.25) is 0 Å². The molecule has 1 unspecified atom stereocenters. The third-order valence-corrected chi connectivity index (χ3v) is 7.77. The molecule has 212 valence electrons. The predicted octanol–water partition coefficient (Wildman–Crippen LogP) is 5.79. The van der Waals surface area contributed by atoms with Crippen molar-refractivity contribution in [1.29, 1.82) is 5.26 Å². The van der Waals surface area contributed by atoms with Crippen molar-refractivity contribution in [1.82, 2.24) is 19.7 Å². The summed E-state index contributed by atoms with van der Waals surface area (Å²) in [5, 5.41) is 25.4. The molecule has 5 aromatic rings. The van der Waals surface area contributed by atoms with Gasteiger partial charge in [0.05, 0.1) is 34.4 Å². The van der Waals surface area contributed by atoms with E-state index in [4.69, 9.17) is 19.7 Å². The number of aromatic nitrogens is 4. The summed E-state index contributed by atoms with van der Waals surface area (Å²) < 4.78 is 42.6. The van der Waals surface area contributed by atoms with Gasteiger partial charge in [0, 0.05) is 28.5 Å². The molecular formula is C30H23F2N5O4S. The zero-order valence-corrected chi connectivity index (χ0v) is 23.0. The highest BCUT2D eigenvalue weighted by atomic mass is 32.1. The second kappa shape index (κ2) is 12.3. The van der Waals surface area contributed by atoms with Crippen LogP contribution in [0.3, 0.4) is 0 Å². The Bertz CT molecular complexity index is 1740. The van der Waals surface area contributed by atoms with Crippen molar-refractivity contribution in [3.05, 3.63) is 118 Å². The Balaban J connectivity index is 1.53. The second-order valence-electron chi connectivity index (χ2n) is 9.33. The molecule has 42 heavy (non-hydrogen) atoms. The highest BCUT2D eigenvalue weighted by molar-refractivity contribution is 7.10. The van der Waals surface area contributed by atoms with Crippen LogP contribution in [0.5, 0.6) is 5.75 Å². The number of esters is 1. The first kappa shape index (κ1) is 28.5. The van der Waals surface area contributed by atoms with Gasteiger partial charge in [-0.05, 0) is 36.4 Å². The number of ether oxygens (including phenoxy) is 2. The van der Waals surface area contributed by atoms with Gasteiger partial charge in [0.15, 0.2) is 6.79 Å². The molecule has 12 heteroatoms. The van der Waals surface area contributed by atoms with Crippen molar-refractivity contribution in [3.63, 3.8) is 0 Å². The summed E-state index contributed by atoms with van der Waals surface area (Å²) in [6.07, 6.45) is 2.74. The largest absolute Gasteiger partial charge is 0.508 e. The average molecular weight is 588 g/mol. The van der Waals surface area contributed by atoms with E-state index < -0.39 is 35.9 Å². The number of hydrogen-bond acceptors (Lipinski definition) is 9. The van der Waals surface area contributed by atoms with Crippen LogP contribution in [-0.2, 0) is 21.6 Å². The second-order valence-corrected chi connectivity index (χ2v) is 10.2. The first-order valence-corrected chi connectivity index (χ1v) is 13.5. The van der Waals surface area contributed by atoms with Crippen LogP contribution >= 0.6 is 11.3 Å². The summed E-state index contributed by atoms with van der Waals surface area (Å²) in [4.78, 5) is 21.5. The molecule has 0 fully saturated rings. The van der Waals surface area contributed by atoms with Gasteiger partial charge in [-0.3, -0.25) is 0 Å². The third kappa shape index (κ3) is 6.02. The maximum Gasteiger partial charge on any atom is 0.340 e. The fraction of sp³-hybridized carbons (Fsp3) is 0.167. The van der Waals surface area contributed by atoms with Gasteiger partial charge in [0.25, 0.3) is 0 Å². The average Bonchev–Trinajstić information content (AvgIpc) is 3.69. The number of phenolic OH excluding ortho intramolecular Hbond substituents is 1. The molecule has 0 aliphatic carbocycles. The first-order valence-electron chi connectivity index (χ1n) is 12.6. The molecule has 0 saturated carbocycles. The summed E-state index contributed by atoms with van der Waals surface area (Å²) in [5.41, 5.74) is 0.402. The minimum Gasteiger partial charge on any atom is -0.508 e. The van der Waals surface area contributed by atoms with Crippen LogP contribution in [0.4, 0.5) is 8.78 Å². The van der Waals surface area contributed by atoms with Gasteiger partial charge in [-0.2, -0.15) is 10.4 Å². The monoisotopic (exact) mass is 587 g/mol. The van der Waals surface area contributed by atoms with E-state index in [2.05, 4.69) is 16.2 Å². The normalized spacial score (nSPS) is 13.2. The number of carbonyl (C=O) groups is 1. The van der Waals surface area contributed by atoms with Gasteiger partial charge in [-0.25, -0.2) is 28.2 Å². The molecule has 5 rings (SSSR count). The summed E-state index contributed by atoms with van der Waals surface area (Å²) in [6.45, 7) is 1.07. The van der Waals surface area contributed by atoms with Crippen LogP contribution in [-0.4, -0.2) is 37.6 Å². The lowest BCUT2D eigenvalue weighted by Gasteiger charge is -2.38. The Hall–Kier alpha value is -4.99. The Kier molecular flexibility index (Phi) is 8.33. The molecule has 3 aromatic carbocycles. The molecule has 2 heterocycles. The molecule has 0 radical (unpaired) electrons. The number of benzene rings is 3. The van der Waals surface area contributed by atoms with Crippen LogP contribution in [0.1, 0.15) is 39.3 Å². The van der Waals surface area contributed by atoms with Gasteiger partial charge in [-0.15, -0.1) is 11.3 Å². The molecular weight excluding hydrogens is 564 g/mol. The molecule has 9 nitrogen and oxygen atoms in total. The molecule has 0 aliphatic heterocycles. The van der Waals surface area contributed by atoms with Crippen molar-refractivity contribution in [2.75, 3.05) is 6.79 Å². The lowest BCUT2D eigenvalue weighted by molar-refractivity contribution is -0.148. The highest BCUT2D eigenvalue weighted by Crippen LogP contribution is 2.44. The van der Waals surface area contributed by atoms with Crippen molar-refractivity contribution in [2.24, 2.45) is 0 Å². The van der Waals surface area contributed by atoms with Crippen LogP contribution in [0, 0.1) is 23.0 Å². The molecule has 0 bridgehead atoms. The Morgan fingerprint density at radius 2 is 1.98 bits per heavy atom. The number of halogens is 2. The van der Waals surface area contributed by atoms with E-state index in [1.54, 1.807) is 31.2 Å². The summed E-state index contributed by atoms with van der Waals surface area (Å²) in [7, 11) is 0. The number of thiazole rings is 1. The molecule has 0 aliphatic rings. The Morgan fingerprint density at radius 3 is 2.67 bits per heavy atom. The van der Waals surface area contributed by atoms with Crippen molar-refractivity contribution < 1.29 is 28.2 Å². The topological polar surface area (TPSA) is 123 Å². The zero-order chi connectivity index (χ0) is 29.7. The maximum absolute atomic E-state index is 15.5. The van der Waals surface area contributed by atoms with Crippen LogP contribution in [0.15, 0.2) is 84.8 Å². The molecule has 0 amide bonds. The van der Waals surface area contributed by atoms with E-state index >= 15 is 4.39 Å². The van der Waals surface area contributed by atoms with Gasteiger partial charge in [-0.1, -0.05) is 31.2 Å². The Morgan fingerprint density at radius 1 is 1.17 bits per heavy atom. The standard InChI is InChI=1S/C30H23F2N5O4S/c1-19(28-36-27(14-42-28)21-7-5-20(13-33)6-8-21)30(15-37-17-34-16-35-37,25-10-9-23(31)12-26(25)32)41-18-40-29(39)22-3-2-4-24(38)11-22/h2-12,14,16-17,19,38H,15,18H2,1H3/t19-,30?/m0/s1. The smallest absolute Gasteiger partial charge is 0.340 e. The van der Waals surface area contributed by atoms with Crippen molar-refractivity contribution in [2.45, 2.75) is 25.0 Å². The van der Waals surface area contributed by atoms with Gasteiger partial charge in [0.1, 0.15) is 35.6 Å². The minimum atomic E-state index is -1.61. The molecule has 0 saturated heterocycles. The van der Waals surface area contributed by atoms with Crippen molar-refractivity contribution >= 4 is 17.3 Å². The number of carbonyl (C=O) groups excluding carboxylic acids is 1. The third-order valence-electron chi connectivity index (χ3n) is 6.74. The van der Waals surface area contributed by atoms with E-state index in [-0.39, 0.29) is 23.4 Å². The highest BCUT2D eigenvalue weighted by Gasteiger charge is 2.45. The fourth-order valence-electron chi connectivity index (χ4n) is 4.53. The number of rotatable bonds is 10. The number of hydrogen-bond donors (Lipinski definition) is 1. The van der Waals surface area contributed by atoms with Crippen LogP contribution < -0.4 is 0 Å². The SMILES string of the molecule is C[C@@H](c1nc(-c2ccc(C#N)cc2)cs1)C(Cn1cncn1)(OCOC(=O)c1cccc(O)c1)c1ccc(F)cc1F. The molecule has 1 N–H and O–H groups in total. The van der Waals surface area contributed by atoms with Crippen molar-refractivity contribution in [3.8, 4) is 23.1 Å². The quantitative estimate of drug-likeness (QED) is 0.161. The Labute approximate surface area is 243 Å². The van der Waals surface area contributed by atoms with E-state index in [9.17, 15) is 14.3 Å². The van der Waals surface area contributed by atoms with Gasteiger partial charge in [0.2, 0.25) is 0 Å². The summed E-state index contributed by atoms with van der Waals surface area (Å²) in [5.74, 6) is -3.21. The van der Waals surface area contributed by atoms with E-state index in [0.29, 0.717) is 16.3 Å². The number of nitrogens with zero attached hydrogens (tertiary/aromatic N) is 5. The fourth-order valence-corrected chi connectivity index (χ4v) is 5.50. The lowest BCUT2D eigenvalue weighted by Crippen LogP contribution is -2.42. The van der Waals surface area contributed by atoms with E-state index in [0.717, 1.165) is 17.7 Å². The minimum absolute atomic E-state index is 0.00423. The first-order chi connectivity index (χ1) is 20.3. The van der Waals surface area contributed by atoms with E-state index in [1.165, 1.54) is 59.0 Å². The predicted molar refractivity (Wildman–Crippen MR) is 148 cm³/mol. The number of phenols is 1. The zero-order valence-electron chi connectivity index (χ0n) is 22.1. The molecule has 2 atom stereocenters. The van der Waals surface area contributed by atoms with Crippen LogP contribution in [0.25, 0.3) is 11.3 Å². The maximum atomic E-state index is 15.5. The summed E-state index contributed by atoms with van der Waals surface area (Å²) in [6, 6.07) is 17.8. The van der Waals surface area contributed by atoms with E-state index in [1.807, 2.05) is 5.38 Å². The number of nitriles is 1. The molecule has 0 spiro atoms. The number of aromatic hydroxyl groups is 1. The van der Waals surface area contributed by atoms with Gasteiger partial charge >= 0.3 is 5.97 Å². The molecule has 2 aromatic heterocycles. The van der Waals surface area contributed by atoms with Gasteiger partial charge < -0.3 is 14.6 Å². The summed E-state index contributed by atoms with van der Waals surface area (Å²) >= 11 is 1.31.